The molecular weight excluding hydrogens is 732 g/mol. The highest BCUT2D eigenvalue weighted by Gasteiger charge is 2.47. The summed E-state index contributed by atoms with van der Waals surface area (Å²) in [7, 11) is -9.97. The van der Waals surface area contributed by atoms with E-state index in [1.807, 2.05) is 0 Å². The van der Waals surface area contributed by atoms with Crippen molar-refractivity contribution >= 4 is 38.9 Å². The molecule has 1 aromatic carbocycles. The number of carbonyl (C=O) groups is 2. The first kappa shape index (κ1) is 39.8. The summed E-state index contributed by atoms with van der Waals surface area (Å²) in [5.74, 6) is 0. The van der Waals surface area contributed by atoms with Crippen molar-refractivity contribution < 1.29 is 79.9 Å². The third-order valence-electron chi connectivity index (χ3n) is 6.65. The number of hydrogen-bond acceptors (Lipinski definition) is 19. The van der Waals surface area contributed by atoms with E-state index in [1.54, 1.807) is 24.3 Å². The third-order valence-corrected chi connectivity index (χ3v) is 9.86. The van der Waals surface area contributed by atoms with Crippen LogP contribution in [0.1, 0.15) is 39.6 Å². The molecule has 0 spiro atoms. The van der Waals surface area contributed by atoms with Gasteiger partial charge in [-0.25, -0.2) is 32.6 Å². The summed E-state index contributed by atoms with van der Waals surface area (Å²) in [4.78, 5) is 59.7. The second kappa shape index (κ2) is 16.6. The van der Waals surface area contributed by atoms with Gasteiger partial charge in [-0.15, -0.1) is 0 Å². The Morgan fingerprint density at radius 1 is 0.961 bits per heavy atom. The predicted molar refractivity (Wildman–Crippen MR) is 166 cm³/mol. The number of carbonyl (C=O) groups excluding carboxylic acids is 2. The second-order valence-corrected chi connectivity index (χ2v) is 14.0. The zero-order valence-electron chi connectivity index (χ0n) is 27.5. The highest BCUT2D eigenvalue weighted by atomic mass is 31.3. The van der Waals surface area contributed by atoms with Crippen LogP contribution >= 0.6 is 15.6 Å². The van der Waals surface area contributed by atoms with Crippen molar-refractivity contribution in [3.63, 3.8) is 0 Å². The van der Waals surface area contributed by atoms with Gasteiger partial charge in [0.15, 0.2) is 11.8 Å². The molecule has 24 heteroatoms. The van der Waals surface area contributed by atoms with Crippen LogP contribution in [0.4, 0.5) is 9.59 Å². The number of para-hydroxylation sites is 1. The number of nitrogens with zero attached hydrogens (tertiary/aromatic N) is 3. The van der Waals surface area contributed by atoms with Crippen LogP contribution < -0.4 is 11.2 Å². The number of benzene rings is 1. The van der Waals surface area contributed by atoms with E-state index in [2.05, 4.69) is 18.9 Å². The number of aliphatic hydroxyl groups excluding tert-OH is 2. The van der Waals surface area contributed by atoms with Crippen molar-refractivity contribution in [2.45, 2.75) is 77.5 Å². The minimum absolute atomic E-state index is 0.258. The van der Waals surface area contributed by atoms with Crippen LogP contribution in [0.2, 0.25) is 0 Å². The molecule has 5 unspecified atom stereocenters. The fourth-order valence-electron chi connectivity index (χ4n) is 4.50. The minimum Gasteiger partial charge on any atom is -0.438 e. The van der Waals surface area contributed by atoms with E-state index in [0.29, 0.717) is 11.0 Å². The summed E-state index contributed by atoms with van der Waals surface area (Å²) in [6.07, 6.45) is -12.8. The van der Waals surface area contributed by atoms with E-state index in [-0.39, 0.29) is 12.2 Å². The number of methoxy groups -OCH3 is 1. The van der Waals surface area contributed by atoms with Crippen LogP contribution in [0.25, 0.3) is 11.0 Å². The molecule has 2 aromatic heterocycles. The van der Waals surface area contributed by atoms with Crippen molar-refractivity contribution in [1.29, 1.82) is 0 Å². The second-order valence-electron chi connectivity index (χ2n) is 10.8. The first-order valence-corrected chi connectivity index (χ1v) is 17.8. The molecule has 0 aliphatic carbocycles. The monoisotopic (exact) mass is 767 g/mol. The first-order valence-electron chi connectivity index (χ1n) is 14.9. The summed E-state index contributed by atoms with van der Waals surface area (Å²) >= 11 is 0. The number of rotatable bonds is 15. The quantitative estimate of drug-likeness (QED) is 0.113. The van der Waals surface area contributed by atoms with E-state index >= 15 is 0 Å². The molecule has 0 amide bonds. The summed E-state index contributed by atoms with van der Waals surface area (Å²) in [5.41, 5.74) is -1.04. The summed E-state index contributed by atoms with van der Waals surface area (Å²) in [5, 5.41) is 25.8. The van der Waals surface area contributed by atoms with Crippen LogP contribution in [-0.4, -0.2) is 92.4 Å². The van der Waals surface area contributed by atoms with Crippen molar-refractivity contribution in [2.24, 2.45) is 0 Å². The molecule has 22 nitrogen and oxygen atoms in total. The molecule has 1 saturated heterocycles. The zero-order valence-corrected chi connectivity index (χ0v) is 29.3. The molecule has 4 rings (SSSR count). The Hall–Kier alpha value is -3.95. The number of aromatic nitrogens is 3. The molecule has 282 valence electrons. The molecule has 1 fully saturated rings. The predicted octanol–water partition coefficient (Wildman–Crippen LogP) is 2.13. The van der Waals surface area contributed by atoms with Gasteiger partial charge in [0, 0.05) is 17.6 Å². The Bertz CT molecular complexity index is 1910. The number of fused-ring (bicyclic) bond motifs is 1. The minimum atomic E-state index is -5.55. The highest BCUT2D eigenvalue weighted by molar-refractivity contribution is 7.61. The van der Waals surface area contributed by atoms with Crippen molar-refractivity contribution in [3.05, 3.63) is 63.1 Å². The molecule has 3 N–H and O–H groups in total. The maximum absolute atomic E-state index is 13.4. The maximum atomic E-state index is 13.4. The van der Waals surface area contributed by atoms with E-state index < -0.39 is 89.0 Å². The Labute approximate surface area is 287 Å². The average Bonchev–Trinajstić information content (AvgIpc) is 3.56. The summed E-state index contributed by atoms with van der Waals surface area (Å²) in [6, 6.07) is 7.73. The normalized spacial score (nSPS) is 22.5. The van der Waals surface area contributed by atoms with Crippen LogP contribution in [0, 0.1) is 0 Å². The number of phosphoric ester groups is 2. The number of ether oxygens (including phenoxy) is 5. The fourth-order valence-corrected chi connectivity index (χ4v) is 7.20. The smallest absolute Gasteiger partial charge is 0.438 e. The molecule has 0 radical (unpaired) electrons. The van der Waals surface area contributed by atoms with Gasteiger partial charge in [0.1, 0.15) is 24.0 Å². The van der Waals surface area contributed by atoms with Gasteiger partial charge >= 0.3 is 33.6 Å². The molecule has 1 aliphatic rings. The molecule has 51 heavy (non-hydrogen) atoms. The number of aliphatic hydroxyl groups is 2. The number of hydrogen-bond donors (Lipinski definition) is 3. The number of phosphoric acid groups is 2. The highest BCUT2D eigenvalue weighted by Crippen LogP contribution is 2.64. The Kier molecular flexibility index (Phi) is 13.0. The fraction of sp³-hybridized carbons (Fsp3) is 0.519. The summed E-state index contributed by atoms with van der Waals surface area (Å²) < 4.78 is 76.5. The van der Waals surface area contributed by atoms with Crippen molar-refractivity contribution in [1.82, 2.24) is 14.3 Å². The van der Waals surface area contributed by atoms with E-state index in [0.717, 1.165) is 42.4 Å². The van der Waals surface area contributed by atoms with E-state index in [9.17, 15) is 43.4 Å². The van der Waals surface area contributed by atoms with Gasteiger partial charge in [0.2, 0.25) is 12.6 Å². The SMILES string of the molecule is COC(=O)OC(C)OP(=O)(OC(C)OC(=O)OC(C)C)OP(=O)(O)OC[C@H]1O[C@@H](n2ccc(=O)n(Cc3noc4ccccc34)c2=O)[C@@H](O)C1O. The topological polar surface area (TPSA) is 282 Å². The van der Waals surface area contributed by atoms with E-state index in [1.165, 1.54) is 13.8 Å². The molecule has 8 atom stereocenters. The molecule has 3 heterocycles. The maximum Gasteiger partial charge on any atom is 0.510 e. The lowest BCUT2D eigenvalue weighted by atomic mass is 10.1. The molecule has 1 aliphatic heterocycles. The van der Waals surface area contributed by atoms with Gasteiger partial charge in [-0.1, -0.05) is 17.3 Å². The molecular formula is C27H35N3O19P2. The molecule has 0 saturated carbocycles. The van der Waals surface area contributed by atoms with Crippen molar-refractivity contribution in [3.8, 4) is 0 Å². The molecule has 0 bridgehead atoms. The zero-order chi connectivity index (χ0) is 37.7. The van der Waals surface area contributed by atoms with Gasteiger partial charge in [-0.3, -0.25) is 18.5 Å². The van der Waals surface area contributed by atoms with E-state index in [4.69, 9.17) is 32.3 Å². The van der Waals surface area contributed by atoms with Crippen LogP contribution in [0.5, 0.6) is 0 Å². The Morgan fingerprint density at radius 3 is 2.25 bits per heavy atom. The standard InChI is InChI=1S/C27H35N3O19P2/c1-14(2)42-27(36)44-16(4)48-51(39,47-15(3)43-26(35)40-5)49-50(37,38)41-13-20-22(32)23(33)24(45-20)29-11-10-21(31)30(25(29)34)12-18-17-8-6-7-9-19(17)46-28-18/h6-11,14-16,20,22-24,32-33H,12-13H2,1-5H3,(H,37,38)/t15?,16?,20-,22?,23+,24-,51?/m1/s1. The van der Waals surface area contributed by atoms with Crippen LogP contribution in [-0.2, 0) is 57.2 Å². The van der Waals surface area contributed by atoms with Gasteiger partial charge in [0.25, 0.3) is 5.56 Å². The van der Waals surface area contributed by atoms with Gasteiger partial charge in [-0.05, 0) is 39.8 Å². The average molecular weight is 768 g/mol. The lowest BCUT2D eigenvalue weighted by Crippen LogP contribution is -2.43. The Balaban J connectivity index is 1.47. The summed E-state index contributed by atoms with van der Waals surface area (Å²) in [6.45, 7) is 3.65. The van der Waals surface area contributed by atoms with Crippen LogP contribution in [0.3, 0.4) is 0 Å². The lowest BCUT2D eigenvalue weighted by Gasteiger charge is -2.25. The molecule has 3 aromatic rings. The Morgan fingerprint density at radius 2 is 1.61 bits per heavy atom. The third kappa shape index (κ3) is 10.3. The van der Waals surface area contributed by atoms with Gasteiger partial charge < -0.3 is 43.3 Å². The van der Waals surface area contributed by atoms with Crippen LogP contribution in [0.15, 0.2) is 50.6 Å². The van der Waals surface area contributed by atoms with Gasteiger partial charge in [-0.2, -0.15) is 4.31 Å². The lowest BCUT2D eigenvalue weighted by molar-refractivity contribution is -0.0980. The van der Waals surface area contributed by atoms with Crippen molar-refractivity contribution in [2.75, 3.05) is 13.7 Å². The van der Waals surface area contributed by atoms with Gasteiger partial charge in [0.05, 0.1) is 26.4 Å². The largest absolute Gasteiger partial charge is 0.510 e. The first-order chi connectivity index (χ1) is 23.9.